The number of anilines is 1. The van der Waals surface area contributed by atoms with Gasteiger partial charge in [-0.1, -0.05) is 48.9 Å². The number of nitrogens with one attached hydrogen (secondary N) is 1. The molecule has 2 fully saturated rings. The van der Waals surface area contributed by atoms with Gasteiger partial charge in [-0.05, 0) is 30.5 Å². The zero-order valence-electron chi connectivity index (χ0n) is 15.2. The summed E-state index contributed by atoms with van der Waals surface area (Å²) in [5.74, 6) is -1.21. The van der Waals surface area contributed by atoms with E-state index >= 15 is 0 Å². The van der Waals surface area contributed by atoms with E-state index in [4.69, 9.17) is 0 Å². The Morgan fingerprint density at radius 1 is 1.11 bits per heavy atom. The summed E-state index contributed by atoms with van der Waals surface area (Å²) < 4.78 is 14.0. The Morgan fingerprint density at radius 2 is 1.81 bits per heavy atom. The highest BCUT2D eigenvalue weighted by molar-refractivity contribution is 6.00. The summed E-state index contributed by atoms with van der Waals surface area (Å²) in [6.45, 7) is 0.810. The van der Waals surface area contributed by atoms with Crippen LogP contribution in [0.1, 0.15) is 31.2 Å². The van der Waals surface area contributed by atoms with E-state index in [9.17, 15) is 14.0 Å². The first kappa shape index (κ1) is 17.7. The van der Waals surface area contributed by atoms with Crippen LogP contribution in [0.25, 0.3) is 0 Å². The number of carbonyl (C=O) groups is 2. The number of rotatable bonds is 5. The Hall–Kier alpha value is -2.69. The van der Waals surface area contributed by atoms with Gasteiger partial charge in [-0.15, -0.1) is 0 Å². The van der Waals surface area contributed by atoms with Crippen LogP contribution in [0.3, 0.4) is 0 Å². The zero-order valence-corrected chi connectivity index (χ0v) is 15.2. The molecule has 0 unspecified atom stereocenters. The monoisotopic (exact) mass is 366 g/mol. The van der Waals surface area contributed by atoms with Crippen LogP contribution in [0.5, 0.6) is 0 Å². The molecule has 1 aliphatic heterocycles. The summed E-state index contributed by atoms with van der Waals surface area (Å²) >= 11 is 0. The van der Waals surface area contributed by atoms with Crippen molar-refractivity contribution in [3.8, 4) is 0 Å². The second-order valence-corrected chi connectivity index (χ2v) is 7.57. The topological polar surface area (TPSA) is 49.4 Å². The average Bonchev–Trinajstić information content (AvgIpc) is 3.04. The van der Waals surface area contributed by atoms with E-state index in [-0.39, 0.29) is 35.9 Å². The van der Waals surface area contributed by atoms with E-state index in [1.807, 2.05) is 18.2 Å². The van der Waals surface area contributed by atoms with Crippen LogP contribution >= 0.6 is 0 Å². The molecule has 2 aromatic rings. The van der Waals surface area contributed by atoms with Gasteiger partial charge in [0.15, 0.2) is 0 Å². The minimum Gasteiger partial charge on any atom is -0.355 e. The van der Waals surface area contributed by atoms with Crippen LogP contribution in [0.4, 0.5) is 10.1 Å². The van der Waals surface area contributed by atoms with Crippen molar-refractivity contribution >= 4 is 17.5 Å². The first-order valence-electron chi connectivity index (χ1n) is 9.47. The molecule has 1 heterocycles. The van der Waals surface area contributed by atoms with Gasteiger partial charge in [0.05, 0.1) is 11.6 Å². The number of hydrogen-bond acceptors (Lipinski definition) is 2. The molecular weight excluding hydrogens is 343 g/mol. The van der Waals surface area contributed by atoms with E-state index in [0.717, 1.165) is 19.3 Å². The number of nitrogens with zero attached hydrogens (tertiary/aromatic N) is 1. The second-order valence-electron chi connectivity index (χ2n) is 7.57. The van der Waals surface area contributed by atoms with Crippen molar-refractivity contribution in [3.63, 3.8) is 0 Å². The van der Waals surface area contributed by atoms with Crippen molar-refractivity contribution < 1.29 is 14.0 Å². The maximum Gasteiger partial charge on any atom is 0.227 e. The van der Waals surface area contributed by atoms with Gasteiger partial charge in [0.25, 0.3) is 0 Å². The summed E-state index contributed by atoms with van der Waals surface area (Å²) in [7, 11) is 0. The van der Waals surface area contributed by atoms with Crippen molar-refractivity contribution in [1.29, 1.82) is 0 Å². The van der Waals surface area contributed by atoms with Crippen molar-refractivity contribution in [2.24, 2.45) is 5.92 Å². The Labute approximate surface area is 158 Å². The molecule has 0 radical (unpaired) electrons. The Morgan fingerprint density at radius 3 is 2.48 bits per heavy atom. The molecule has 1 saturated carbocycles. The first-order chi connectivity index (χ1) is 13.1. The van der Waals surface area contributed by atoms with Gasteiger partial charge < -0.3 is 10.2 Å². The van der Waals surface area contributed by atoms with E-state index in [2.05, 4.69) is 17.4 Å². The Balaban J connectivity index is 1.41. The Kier molecular flexibility index (Phi) is 4.68. The minimum atomic E-state index is -0.440. The van der Waals surface area contributed by atoms with Gasteiger partial charge in [-0.25, -0.2) is 4.39 Å². The smallest absolute Gasteiger partial charge is 0.227 e. The molecule has 0 spiro atoms. The number of benzene rings is 2. The van der Waals surface area contributed by atoms with Crippen molar-refractivity contribution in [3.05, 3.63) is 66.0 Å². The molecule has 2 amide bonds. The lowest BCUT2D eigenvalue weighted by Gasteiger charge is -2.42. The average molecular weight is 366 g/mol. The molecule has 1 N–H and O–H groups in total. The molecule has 1 atom stereocenters. The number of carbonyl (C=O) groups excluding carboxylic acids is 2. The highest BCUT2D eigenvalue weighted by Gasteiger charge is 2.41. The van der Waals surface area contributed by atoms with E-state index < -0.39 is 11.7 Å². The van der Waals surface area contributed by atoms with Crippen LogP contribution in [0.2, 0.25) is 0 Å². The summed E-state index contributed by atoms with van der Waals surface area (Å²) in [6, 6.07) is 16.5. The largest absolute Gasteiger partial charge is 0.355 e. The van der Waals surface area contributed by atoms with Gasteiger partial charge in [-0.3, -0.25) is 9.59 Å². The van der Waals surface area contributed by atoms with Crippen LogP contribution in [0, 0.1) is 11.7 Å². The second kappa shape index (κ2) is 7.14. The minimum absolute atomic E-state index is 0.00472. The van der Waals surface area contributed by atoms with Crippen molar-refractivity contribution in [2.45, 2.75) is 31.1 Å². The molecule has 5 heteroatoms. The normalized spacial score (nSPS) is 21.0. The molecule has 4 rings (SSSR count). The van der Waals surface area contributed by atoms with Gasteiger partial charge in [0.2, 0.25) is 11.8 Å². The predicted molar refractivity (Wildman–Crippen MR) is 102 cm³/mol. The first-order valence-corrected chi connectivity index (χ1v) is 9.47. The molecule has 1 saturated heterocycles. The predicted octanol–water partition coefficient (Wildman–Crippen LogP) is 3.42. The van der Waals surface area contributed by atoms with E-state index in [1.165, 1.54) is 16.5 Å². The fourth-order valence-electron chi connectivity index (χ4n) is 4.15. The van der Waals surface area contributed by atoms with Crippen LogP contribution in [0.15, 0.2) is 54.6 Å². The van der Waals surface area contributed by atoms with Crippen LogP contribution in [-0.2, 0) is 15.0 Å². The molecule has 27 heavy (non-hydrogen) atoms. The lowest BCUT2D eigenvalue weighted by Crippen LogP contribution is -2.47. The van der Waals surface area contributed by atoms with Gasteiger partial charge in [-0.2, -0.15) is 0 Å². The SMILES string of the molecule is O=C(NCC1(c2ccccc2)CCC1)[C@@H]1CC(=O)N(c2ccccc2F)C1. The van der Waals surface area contributed by atoms with Crippen molar-refractivity contribution in [2.75, 3.05) is 18.0 Å². The third-order valence-electron chi connectivity index (χ3n) is 5.94. The number of para-hydroxylation sites is 1. The van der Waals surface area contributed by atoms with Crippen molar-refractivity contribution in [1.82, 2.24) is 5.32 Å². The van der Waals surface area contributed by atoms with Crippen LogP contribution in [-0.4, -0.2) is 24.9 Å². The zero-order chi connectivity index (χ0) is 18.9. The molecule has 0 bridgehead atoms. The number of halogens is 1. The fraction of sp³-hybridized carbons (Fsp3) is 0.364. The highest BCUT2D eigenvalue weighted by Crippen LogP contribution is 2.43. The van der Waals surface area contributed by atoms with E-state index in [1.54, 1.807) is 18.2 Å². The summed E-state index contributed by atoms with van der Waals surface area (Å²) in [6.07, 6.45) is 3.40. The quantitative estimate of drug-likeness (QED) is 0.882. The van der Waals surface area contributed by atoms with Gasteiger partial charge >= 0.3 is 0 Å². The molecule has 140 valence electrons. The molecule has 0 aromatic heterocycles. The summed E-state index contributed by atoms with van der Waals surface area (Å²) in [4.78, 5) is 26.4. The molecule has 2 aromatic carbocycles. The van der Waals surface area contributed by atoms with E-state index in [0.29, 0.717) is 6.54 Å². The third-order valence-corrected chi connectivity index (χ3v) is 5.94. The summed E-state index contributed by atoms with van der Waals surface area (Å²) in [5.41, 5.74) is 1.51. The highest BCUT2D eigenvalue weighted by atomic mass is 19.1. The maximum absolute atomic E-state index is 14.0. The molecular formula is C22H23FN2O2. The fourth-order valence-corrected chi connectivity index (χ4v) is 4.15. The molecule has 2 aliphatic rings. The maximum atomic E-state index is 14.0. The lowest BCUT2D eigenvalue weighted by atomic mass is 9.64. The molecule has 1 aliphatic carbocycles. The number of amides is 2. The molecule has 4 nitrogen and oxygen atoms in total. The van der Waals surface area contributed by atoms with Gasteiger partial charge in [0.1, 0.15) is 5.82 Å². The third kappa shape index (κ3) is 3.34. The van der Waals surface area contributed by atoms with Crippen LogP contribution < -0.4 is 10.2 Å². The lowest BCUT2D eigenvalue weighted by molar-refractivity contribution is -0.126. The standard InChI is InChI=1S/C22H23FN2O2/c23-18-9-4-5-10-19(18)25-14-16(13-20(25)26)21(27)24-15-22(11-6-12-22)17-7-2-1-3-8-17/h1-5,7-10,16H,6,11-15H2,(H,24,27)/t16-/m1/s1. The summed E-state index contributed by atoms with van der Waals surface area (Å²) in [5, 5.41) is 3.06. The number of hydrogen-bond donors (Lipinski definition) is 1. The Bertz CT molecular complexity index is 848. The van der Waals surface area contributed by atoms with Gasteiger partial charge in [0, 0.05) is 24.9 Å².